The van der Waals surface area contributed by atoms with E-state index in [0.717, 1.165) is 35.1 Å². The number of benzene rings is 2. The maximum absolute atomic E-state index is 5.06. The second kappa shape index (κ2) is 6.66. The summed E-state index contributed by atoms with van der Waals surface area (Å²) < 4.78 is 1.32. The number of hydrogen-bond donors (Lipinski definition) is 1. The molecule has 0 bridgehead atoms. The van der Waals surface area contributed by atoms with Crippen LogP contribution in [0.5, 0.6) is 0 Å². The van der Waals surface area contributed by atoms with Crippen LogP contribution in [0.25, 0.3) is 32.0 Å². The highest BCUT2D eigenvalue weighted by Crippen LogP contribution is 2.48. The lowest BCUT2D eigenvalue weighted by Crippen LogP contribution is -2.05. The standard InChI is InChI=1S/C22H19N3S2/c1-13-7-9-14(10-8-13)21-24-18-16(22(23-2)25-21)11-12-26-19-15-5-3-4-6-17(15)27-20(18)19/h3-10H,11-12H2,1-2H3,(H,23,24,25). The fourth-order valence-electron chi connectivity index (χ4n) is 3.52. The summed E-state index contributed by atoms with van der Waals surface area (Å²) in [4.78, 5) is 12.6. The molecule has 27 heavy (non-hydrogen) atoms. The van der Waals surface area contributed by atoms with Gasteiger partial charge in [0.15, 0.2) is 5.82 Å². The second-order valence-corrected chi connectivity index (χ2v) is 8.85. The van der Waals surface area contributed by atoms with Gasteiger partial charge >= 0.3 is 0 Å². The molecule has 1 N–H and O–H groups in total. The molecule has 5 heteroatoms. The number of thiophene rings is 1. The quantitative estimate of drug-likeness (QED) is 0.455. The third kappa shape index (κ3) is 2.82. The van der Waals surface area contributed by atoms with Gasteiger partial charge in [-0.1, -0.05) is 48.0 Å². The predicted molar refractivity (Wildman–Crippen MR) is 117 cm³/mol. The fraction of sp³-hybridized carbons (Fsp3) is 0.182. The molecule has 1 aliphatic rings. The lowest BCUT2D eigenvalue weighted by molar-refractivity contribution is 1.07. The van der Waals surface area contributed by atoms with E-state index >= 15 is 0 Å². The van der Waals surface area contributed by atoms with Crippen LogP contribution in [0.1, 0.15) is 11.1 Å². The van der Waals surface area contributed by atoms with Gasteiger partial charge in [-0.05, 0) is 19.4 Å². The van der Waals surface area contributed by atoms with Crippen molar-refractivity contribution in [1.82, 2.24) is 9.97 Å². The van der Waals surface area contributed by atoms with E-state index in [4.69, 9.17) is 9.97 Å². The third-order valence-corrected chi connectivity index (χ3v) is 7.34. The normalized spacial score (nSPS) is 13.1. The van der Waals surface area contributed by atoms with Crippen LogP contribution in [0.2, 0.25) is 0 Å². The summed E-state index contributed by atoms with van der Waals surface area (Å²) >= 11 is 3.78. The first-order valence-electron chi connectivity index (χ1n) is 9.05. The summed E-state index contributed by atoms with van der Waals surface area (Å²) in [5, 5.41) is 4.66. The zero-order valence-corrected chi connectivity index (χ0v) is 16.9. The Hall–Kier alpha value is -2.37. The average molecular weight is 390 g/mol. The molecule has 134 valence electrons. The Balaban J connectivity index is 1.78. The molecule has 0 unspecified atom stereocenters. The van der Waals surface area contributed by atoms with Gasteiger partial charge in [-0.25, -0.2) is 9.97 Å². The van der Waals surface area contributed by atoms with Gasteiger partial charge in [0.05, 0.1) is 10.6 Å². The van der Waals surface area contributed by atoms with E-state index in [-0.39, 0.29) is 0 Å². The van der Waals surface area contributed by atoms with Crippen LogP contribution in [0, 0.1) is 6.92 Å². The number of hydrogen-bond acceptors (Lipinski definition) is 5. The van der Waals surface area contributed by atoms with Crippen LogP contribution in [0.4, 0.5) is 5.82 Å². The maximum Gasteiger partial charge on any atom is 0.162 e. The van der Waals surface area contributed by atoms with E-state index in [2.05, 4.69) is 60.8 Å². The van der Waals surface area contributed by atoms with Crippen LogP contribution >= 0.6 is 23.1 Å². The van der Waals surface area contributed by atoms with Crippen LogP contribution in [0.15, 0.2) is 53.4 Å². The van der Waals surface area contributed by atoms with Crippen LogP contribution in [-0.4, -0.2) is 22.8 Å². The van der Waals surface area contributed by atoms with Gasteiger partial charge in [0.1, 0.15) is 5.82 Å². The summed E-state index contributed by atoms with van der Waals surface area (Å²) in [6.45, 7) is 2.10. The van der Waals surface area contributed by atoms with Gasteiger partial charge in [0.2, 0.25) is 0 Å². The SMILES string of the molecule is CNc1nc(-c2ccc(C)cc2)nc2c1CCSc1c-2sc2ccccc12. The lowest BCUT2D eigenvalue weighted by atomic mass is 10.1. The molecule has 3 nitrogen and oxygen atoms in total. The minimum absolute atomic E-state index is 0.786. The minimum Gasteiger partial charge on any atom is -0.373 e. The van der Waals surface area contributed by atoms with Crippen molar-refractivity contribution in [2.45, 2.75) is 18.2 Å². The molecule has 0 radical (unpaired) electrons. The van der Waals surface area contributed by atoms with E-state index < -0.39 is 0 Å². The average Bonchev–Trinajstić information content (AvgIpc) is 2.97. The van der Waals surface area contributed by atoms with Gasteiger partial charge in [-0.15, -0.1) is 23.1 Å². The highest BCUT2D eigenvalue weighted by molar-refractivity contribution is 7.99. The van der Waals surface area contributed by atoms with Gasteiger partial charge in [-0.2, -0.15) is 0 Å². The molecule has 0 saturated heterocycles. The Morgan fingerprint density at radius 3 is 2.63 bits per heavy atom. The van der Waals surface area contributed by atoms with Crippen molar-refractivity contribution in [3.8, 4) is 22.0 Å². The molecule has 0 fully saturated rings. The van der Waals surface area contributed by atoms with Crippen molar-refractivity contribution < 1.29 is 0 Å². The molecule has 0 atom stereocenters. The molecule has 0 amide bonds. The molecular formula is C22H19N3S2. The smallest absolute Gasteiger partial charge is 0.162 e. The number of anilines is 1. The van der Waals surface area contributed by atoms with E-state index in [0.29, 0.717) is 0 Å². The lowest BCUT2D eigenvalue weighted by Gasteiger charge is -2.13. The van der Waals surface area contributed by atoms with E-state index in [1.165, 1.54) is 31.0 Å². The maximum atomic E-state index is 5.06. The first kappa shape index (κ1) is 16.8. The van der Waals surface area contributed by atoms with Gasteiger partial charge < -0.3 is 5.32 Å². The van der Waals surface area contributed by atoms with Crippen molar-refractivity contribution in [3.63, 3.8) is 0 Å². The van der Waals surface area contributed by atoms with Crippen LogP contribution < -0.4 is 5.32 Å². The predicted octanol–water partition coefficient (Wildman–Crippen LogP) is 6.02. The first-order chi connectivity index (χ1) is 13.2. The number of aromatic nitrogens is 2. The summed E-state index contributed by atoms with van der Waals surface area (Å²) in [6.07, 6.45) is 0.972. The Kier molecular flexibility index (Phi) is 4.14. The zero-order valence-electron chi connectivity index (χ0n) is 15.2. The van der Waals surface area contributed by atoms with Crippen molar-refractivity contribution in [1.29, 1.82) is 0 Å². The first-order valence-corrected chi connectivity index (χ1v) is 10.8. The number of nitrogens with one attached hydrogen (secondary N) is 1. The van der Waals surface area contributed by atoms with Crippen molar-refractivity contribution in [3.05, 3.63) is 59.7 Å². The monoisotopic (exact) mass is 389 g/mol. The fourth-order valence-corrected chi connectivity index (χ4v) is 6.08. The van der Waals surface area contributed by atoms with Crippen molar-refractivity contribution in [2.75, 3.05) is 18.1 Å². The molecule has 4 aromatic rings. The summed E-state index contributed by atoms with van der Waals surface area (Å²) in [7, 11) is 1.95. The molecule has 3 heterocycles. The molecule has 0 aliphatic carbocycles. The molecule has 2 aromatic heterocycles. The molecule has 2 aromatic carbocycles. The second-order valence-electron chi connectivity index (χ2n) is 6.69. The van der Waals surface area contributed by atoms with E-state index in [1.807, 2.05) is 30.1 Å². The van der Waals surface area contributed by atoms with Gasteiger partial charge in [0.25, 0.3) is 0 Å². The Bertz CT molecular complexity index is 1150. The van der Waals surface area contributed by atoms with Crippen LogP contribution in [-0.2, 0) is 6.42 Å². The number of fused-ring (bicyclic) bond motifs is 5. The Labute approximate surface area is 166 Å². The Morgan fingerprint density at radius 1 is 1.00 bits per heavy atom. The molecule has 5 rings (SSSR count). The highest BCUT2D eigenvalue weighted by Gasteiger charge is 2.25. The zero-order chi connectivity index (χ0) is 18.4. The van der Waals surface area contributed by atoms with Crippen molar-refractivity contribution in [2.24, 2.45) is 0 Å². The number of thioether (sulfide) groups is 1. The highest BCUT2D eigenvalue weighted by atomic mass is 32.2. The Morgan fingerprint density at radius 2 is 1.81 bits per heavy atom. The van der Waals surface area contributed by atoms with Gasteiger partial charge in [-0.3, -0.25) is 0 Å². The van der Waals surface area contributed by atoms with E-state index in [9.17, 15) is 0 Å². The van der Waals surface area contributed by atoms with Crippen molar-refractivity contribution >= 4 is 39.0 Å². The van der Waals surface area contributed by atoms with Crippen LogP contribution in [0.3, 0.4) is 0 Å². The molecular weight excluding hydrogens is 370 g/mol. The largest absolute Gasteiger partial charge is 0.373 e. The number of aryl methyl sites for hydroxylation is 1. The summed E-state index contributed by atoms with van der Waals surface area (Å²) in [5.74, 6) is 2.78. The summed E-state index contributed by atoms with van der Waals surface area (Å²) in [6, 6.07) is 17.1. The molecule has 1 aliphatic heterocycles. The summed E-state index contributed by atoms with van der Waals surface area (Å²) in [5.41, 5.74) is 4.61. The minimum atomic E-state index is 0.786. The van der Waals surface area contributed by atoms with Gasteiger partial charge in [0, 0.05) is 38.9 Å². The number of rotatable bonds is 2. The molecule has 0 saturated carbocycles. The third-order valence-electron chi connectivity index (χ3n) is 4.92. The number of nitrogens with zero attached hydrogens (tertiary/aromatic N) is 2. The molecule has 0 spiro atoms. The topological polar surface area (TPSA) is 37.8 Å². The van der Waals surface area contributed by atoms with E-state index in [1.54, 1.807) is 0 Å².